The normalized spacial score (nSPS) is 13.5. The molecule has 3 aromatic heterocycles. The fourth-order valence-corrected chi connectivity index (χ4v) is 9.61. The summed E-state index contributed by atoms with van der Waals surface area (Å²) in [6.07, 6.45) is 1.72. The Kier molecular flexibility index (Phi) is 5.52. The van der Waals surface area contributed by atoms with Gasteiger partial charge in [0.2, 0.25) is 5.95 Å². The first-order chi connectivity index (χ1) is 26.2. The second kappa shape index (κ2) is 10.2. The molecule has 3 heterocycles. The lowest BCUT2D eigenvalue weighted by atomic mass is 9.70. The van der Waals surface area contributed by atoms with E-state index < -0.39 is 5.41 Å². The molecule has 1 spiro atoms. The molecule has 2 aliphatic rings. The zero-order valence-corrected chi connectivity index (χ0v) is 28.4. The predicted molar refractivity (Wildman–Crippen MR) is 213 cm³/mol. The smallest absolute Gasteiger partial charge is 0.266 e. The monoisotopic (exact) mass is 676 g/mol. The second-order valence-corrected chi connectivity index (χ2v) is 14.0. The summed E-state index contributed by atoms with van der Waals surface area (Å²) in [6, 6.07) is 57.6. The molecule has 0 fully saturated rings. The van der Waals surface area contributed by atoms with Crippen molar-refractivity contribution in [2.75, 3.05) is 0 Å². The van der Waals surface area contributed by atoms with Crippen molar-refractivity contribution >= 4 is 43.6 Å². The highest BCUT2D eigenvalue weighted by Crippen LogP contribution is 2.64. The minimum absolute atomic E-state index is 0.144. The standard InChI is InChI=1S/C48H28N4O/c53-46-36-28-49-47(50-44(36)35-20-8-13-25-42(35)51(46)29-14-2-1-3-15-29)52-41-24-12-7-18-32(41)33-26-27-40-43(45(33)52)34-19-6-11-23-39(34)48(40)37-21-9-4-16-30(37)31-17-5-10-22-38(31)48/h1-28H. The maximum absolute atomic E-state index is 14.3. The number of fused-ring (bicyclic) bond motifs is 17. The summed E-state index contributed by atoms with van der Waals surface area (Å²) in [5.41, 5.74) is 13.8. The lowest BCUT2D eigenvalue weighted by Gasteiger charge is -2.30. The molecule has 10 aromatic rings. The highest BCUT2D eigenvalue weighted by molar-refractivity contribution is 6.16. The van der Waals surface area contributed by atoms with E-state index in [1.807, 2.05) is 54.6 Å². The van der Waals surface area contributed by atoms with Crippen molar-refractivity contribution in [3.63, 3.8) is 0 Å². The number of para-hydroxylation sites is 3. The Balaban J connectivity index is 1.22. The number of rotatable bonds is 2. The van der Waals surface area contributed by atoms with Gasteiger partial charge in [0.05, 0.1) is 32.9 Å². The number of hydrogen-bond donors (Lipinski definition) is 0. The molecule has 0 amide bonds. The third-order valence-electron chi connectivity index (χ3n) is 11.6. The average Bonchev–Trinajstić information content (AvgIpc) is 3.83. The van der Waals surface area contributed by atoms with Crippen molar-refractivity contribution in [1.29, 1.82) is 0 Å². The van der Waals surface area contributed by atoms with Crippen molar-refractivity contribution in [1.82, 2.24) is 19.1 Å². The van der Waals surface area contributed by atoms with Crippen molar-refractivity contribution in [2.24, 2.45) is 0 Å². The summed E-state index contributed by atoms with van der Waals surface area (Å²) >= 11 is 0. The lowest BCUT2D eigenvalue weighted by Crippen LogP contribution is -2.25. The van der Waals surface area contributed by atoms with Gasteiger partial charge < -0.3 is 0 Å². The van der Waals surface area contributed by atoms with Gasteiger partial charge in [0.1, 0.15) is 0 Å². The molecule has 5 nitrogen and oxygen atoms in total. The number of pyridine rings is 1. The maximum atomic E-state index is 14.3. The number of hydrogen-bond acceptors (Lipinski definition) is 3. The van der Waals surface area contributed by atoms with Crippen LogP contribution in [-0.2, 0) is 5.41 Å². The van der Waals surface area contributed by atoms with E-state index in [-0.39, 0.29) is 5.56 Å². The van der Waals surface area contributed by atoms with Crippen molar-refractivity contribution in [3.05, 3.63) is 203 Å². The van der Waals surface area contributed by atoms with Crippen molar-refractivity contribution in [3.8, 4) is 33.9 Å². The molecule has 246 valence electrons. The van der Waals surface area contributed by atoms with Crippen LogP contribution in [-0.4, -0.2) is 19.1 Å². The van der Waals surface area contributed by atoms with Crippen LogP contribution in [0.15, 0.2) is 175 Å². The highest BCUT2D eigenvalue weighted by Gasteiger charge is 2.52. The highest BCUT2D eigenvalue weighted by atomic mass is 16.1. The Hall–Kier alpha value is -7.11. The van der Waals surface area contributed by atoms with Gasteiger partial charge >= 0.3 is 0 Å². The van der Waals surface area contributed by atoms with Crippen molar-refractivity contribution < 1.29 is 0 Å². The van der Waals surface area contributed by atoms with Gasteiger partial charge in [-0.2, -0.15) is 0 Å². The summed E-state index contributed by atoms with van der Waals surface area (Å²) in [7, 11) is 0. The Morgan fingerprint density at radius 3 is 1.74 bits per heavy atom. The third kappa shape index (κ3) is 3.49. The van der Waals surface area contributed by atoms with Crippen LogP contribution in [0.4, 0.5) is 0 Å². The molecule has 0 bridgehead atoms. The summed E-state index contributed by atoms with van der Waals surface area (Å²) < 4.78 is 3.99. The van der Waals surface area contributed by atoms with Gasteiger partial charge in [0.15, 0.2) is 0 Å². The Morgan fingerprint density at radius 1 is 0.453 bits per heavy atom. The van der Waals surface area contributed by atoms with Crippen LogP contribution in [0.25, 0.3) is 77.5 Å². The molecule has 7 aromatic carbocycles. The largest absolute Gasteiger partial charge is 0.277 e. The number of aromatic nitrogens is 4. The van der Waals surface area contributed by atoms with Crippen LogP contribution < -0.4 is 5.56 Å². The summed E-state index contributed by atoms with van der Waals surface area (Å²) in [5.74, 6) is 0.532. The van der Waals surface area contributed by atoms with Crippen LogP contribution >= 0.6 is 0 Å². The zero-order valence-electron chi connectivity index (χ0n) is 28.4. The van der Waals surface area contributed by atoms with Gasteiger partial charge in [-0.25, -0.2) is 9.97 Å². The third-order valence-corrected chi connectivity index (χ3v) is 11.6. The molecule has 0 radical (unpaired) electrons. The van der Waals surface area contributed by atoms with Crippen LogP contribution in [0.3, 0.4) is 0 Å². The summed E-state index contributed by atoms with van der Waals surface area (Å²) in [4.78, 5) is 24.6. The molecule has 0 N–H and O–H groups in total. The topological polar surface area (TPSA) is 52.7 Å². The van der Waals surface area contributed by atoms with E-state index in [4.69, 9.17) is 9.97 Å². The molecule has 0 unspecified atom stereocenters. The molecule has 0 saturated heterocycles. The Labute approximate surface area is 303 Å². The van der Waals surface area contributed by atoms with Gasteiger partial charge in [-0.15, -0.1) is 0 Å². The summed E-state index contributed by atoms with van der Waals surface area (Å²) in [5, 5.41) is 3.64. The minimum Gasteiger partial charge on any atom is -0.277 e. The average molecular weight is 677 g/mol. The second-order valence-electron chi connectivity index (χ2n) is 14.0. The van der Waals surface area contributed by atoms with Gasteiger partial charge in [-0.3, -0.25) is 13.9 Å². The predicted octanol–water partition coefficient (Wildman–Crippen LogP) is 10.4. The maximum Gasteiger partial charge on any atom is 0.266 e. The first kappa shape index (κ1) is 28.6. The Bertz CT molecular complexity index is 3220. The van der Waals surface area contributed by atoms with E-state index in [1.165, 1.54) is 44.5 Å². The van der Waals surface area contributed by atoms with Crippen LogP contribution in [0, 0.1) is 0 Å². The van der Waals surface area contributed by atoms with Gasteiger partial charge in [0, 0.05) is 33.6 Å². The lowest BCUT2D eigenvalue weighted by molar-refractivity contribution is 0.794. The fraction of sp³-hybridized carbons (Fsp3) is 0.0208. The molecular weight excluding hydrogens is 649 g/mol. The van der Waals surface area contributed by atoms with E-state index >= 15 is 0 Å². The minimum atomic E-state index is -0.475. The molecule has 5 heteroatoms. The quantitative estimate of drug-likeness (QED) is 0.171. The van der Waals surface area contributed by atoms with E-state index in [9.17, 15) is 4.79 Å². The van der Waals surface area contributed by atoms with Crippen molar-refractivity contribution in [2.45, 2.75) is 5.41 Å². The first-order valence-corrected chi connectivity index (χ1v) is 18.0. The van der Waals surface area contributed by atoms with Gasteiger partial charge in [0.25, 0.3) is 5.56 Å². The molecule has 0 atom stereocenters. The molecule has 0 saturated carbocycles. The van der Waals surface area contributed by atoms with E-state index in [2.05, 4.69) is 114 Å². The molecule has 2 aliphatic carbocycles. The molecule has 0 aliphatic heterocycles. The molecule has 12 rings (SSSR count). The van der Waals surface area contributed by atoms with Crippen LogP contribution in [0.2, 0.25) is 0 Å². The van der Waals surface area contributed by atoms with Crippen LogP contribution in [0.5, 0.6) is 0 Å². The number of benzene rings is 7. The van der Waals surface area contributed by atoms with Gasteiger partial charge in [-0.1, -0.05) is 140 Å². The number of nitrogens with zero attached hydrogens (tertiary/aromatic N) is 4. The molecule has 53 heavy (non-hydrogen) atoms. The first-order valence-electron chi connectivity index (χ1n) is 18.0. The van der Waals surface area contributed by atoms with Gasteiger partial charge in [-0.05, 0) is 63.2 Å². The SMILES string of the molecule is O=c1c2cnc(-n3c4ccccc4c4ccc5c(c43)-c3ccccc3C53c4ccccc4-c4ccccc43)nc2c2ccccc2n1-c1ccccc1. The van der Waals surface area contributed by atoms with E-state index in [0.29, 0.717) is 16.9 Å². The molecular formula is C48H28N4O. The van der Waals surface area contributed by atoms with Crippen LogP contribution in [0.1, 0.15) is 22.3 Å². The Morgan fingerprint density at radius 2 is 1.02 bits per heavy atom. The fourth-order valence-electron chi connectivity index (χ4n) is 9.61. The summed E-state index contributed by atoms with van der Waals surface area (Å²) in [6.45, 7) is 0. The van der Waals surface area contributed by atoms with E-state index in [1.54, 1.807) is 10.8 Å². The zero-order chi connectivity index (χ0) is 34.8. The van der Waals surface area contributed by atoms with E-state index in [0.717, 1.165) is 38.4 Å².